The van der Waals surface area contributed by atoms with E-state index < -0.39 is 0 Å². The lowest BCUT2D eigenvalue weighted by atomic mass is 9.67. The van der Waals surface area contributed by atoms with Crippen LogP contribution in [0.2, 0.25) is 0 Å². The number of hydrogen-bond donors (Lipinski definition) is 0. The molecule has 2 rings (SSSR count). The lowest BCUT2D eigenvalue weighted by Gasteiger charge is -2.40. The quantitative estimate of drug-likeness (QED) is 0.262. The zero-order chi connectivity index (χ0) is 20.2. The van der Waals surface area contributed by atoms with Crippen molar-refractivity contribution in [1.29, 1.82) is 0 Å². The molecule has 1 unspecified atom stereocenters. The molecule has 3 heteroatoms. The van der Waals surface area contributed by atoms with Crippen LogP contribution in [0.25, 0.3) is 0 Å². The highest BCUT2D eigenvalue weighted by Gasteiger charge is 2.35. The van der Waals surface area contributed by atoms with E-state index >= 15 is 0 Å². The fraction of sp³-hybridized carbons (Fsp3) is 0.960. The summed E-state index contributed by atoms with van der Waals surface area (Å²) in [4.78, 5) is 11.3. The van der Waals surface area contributed by atoms with Crippen LogP contribution < -0.4 is 0 Å². The van der Waals surface area contributed by atoms with E-state index in [0.29, 0.717) is 6.10 Å². The van der Waals surface area contributed by atoms with Gasteiger partial charge >= 0.3 is 5.97 Å². The van der Waals surface area contributed by atoms with Gasteiger partial charge in [-0.15, -0.1) is 0 Å². The minimum Gasteiger partial charge on any atom is -0.463 e. The fourth-order valence-corrected chi connectivity index (χ4v) is 5.82. The average Bonchev–Trinajstić information content (AvgIpc) is 2.71. The summed E-state index contributed by atoms with van der Waals surface area (Å²) in [6.45, 7) is 3.84. The molecular weight excluding hydrogens is 348 g/mol. The van der Waals surface area contributed by atoms with E-state index in [9.17, 15) is 4.79 Å². The standard InChI is InChI=1S/C25H46O3/c1-4-5-6-7-8-9-10-11-25(21-12-16-23(27-3)17-13-21)22-14-18-24(19-15-22)28-20(2)26/h21-25H,4-19H2,1-3H3. The highest BCUT2D eigenvalue weighted by Crippen LogP contribution is 2.43. The van der Waals surface area contributed by atoms with Gasteiger partial charge in [-0.3, -0.25) is 4.79 Å². The first-order valence-corrected chi connectivity index (χ1v) is 12.3. The lowest BCUT2D eigenvalue weighted by Crippen LogP contribution is -2.33. The predicted octanol–water partition coefficient (Wildman–Crippen LogP) is 7.07. The summed E-state index contributed by atoms with van der Waals surface area (Å²) in [6.07, 6.45) is 21.8. The van der Waals surface area contributed by atoms with Crippen LogP contribution in [0, 0.1) is 17.8 Å². The summed E-state index contributed by atoms with van der Waals surface area (Å²) in [5, 5.41) is 0. The number of esters is 1. The molecule has 2 aliphatic carbocycles. The first-order chi connectivity index (χ1) is 13.6. The van der Waals surface area contributed by atoms with Crippen molar-refractivity contribution in [2.75, 3.05) is 7.11 Å². The van der Waals surface area contributed by atoms with Crippen molar-refractivity contribution in [3.63, 3.8) is 0 Å². The molecule has 0 aromatic heterocycles. The Labute approximate surface area is 174 Å². The van der Waals surface area contributed by atoms with Crippen molar-refractivity contribution in [1.82, 2.24) is 0 Å². The second kappa shape index (κ2) is 13.6. The van der Waals surface area contributed by atoms with Crippen LogP contribution in [0.15, 0.2) is 0 Å². The van der Waals surface area contributed by atoms with Gasteiger partial charge in [-0.1, -0.05) is 51.9 Å². The molecule has 1 atom stereocenters. The van der Waals surface area contributed by atoms with Crippen LogP contribution in [-0.2, 0) is 14.3 Å². The fourth-order valence-electron chi connectivity index (χ4n) is 5.82. The van der Waals surface area contributed by atoms with Crippen molar-refractivity contribution in [2.24, 2.45) is 17.8 Å². The molecular formula is C25H46O3. The van der Waals surface area contributed by atoms with Crippen molar-refractivity contribution in [3.05, 3.63) is 0 Å². The Morgan fingerprint density at radius 3 is 1.79 bits per heavy atom. The van der Waals surface area contributed by atoms with Crippen LogP contribution in [0.1, 0.15) is 117 Å². The number of carbonyl (C=O) groups is 1. The monoisotopic (exact) mass is 394 g/mol. The summed E-state index contributed by atoms with van der Waals surface area (Å²) >= 11 is 0. The average molecular weight is 395 g/mol. The van der Waals surface area contributed by atoms with Crippen LogP contribution in [0.4, 0.5) is 0 Å². The minimum absolute atomic E-state index is 0.110. The highest BCUT2D eigenvalue weighted by atomic mass is 16.5. The van der Waals surface area contributed by atoms with Gasteiger partial charge < -0.3 is 9.47 Å². The molecule has 0 aliphatic heterocycles. The molecule has 3 nitrogen and oxygen atoms in total. The van der Waals surface area contributed by atoms with Crippen LogP contribution in [0.5, 0.6) is 0 Å². The third kappa shape index (κ3) is 8.43. The van der Waals surface area contributed by atoms with Gasteiger partial charge in [0.15, 0.2) is 0 Å². The summed E-state index contributed by atoms with van der Waals surface area (Å²) < 4.78 is 11.1. The maximum Gasteiger partial charge on any atom is 0.302 e. The molecule has 0 bridgehead atoms. The van der Waals surface area contributed by atoms with Gasteiger partial charge in [0.1, 0.15) is 6.10 Å². The molecule has 0 radical (unpaired) electrons. The van der Waals surface area contributed by atoms with Crippen molar-refractivity contribution in [3.8, 4) is 0 Å². The van der Waals surface area contributed by atoms with Gasteiger partial charge in [0, 0.05) is 14.0 Å². The maximum absolute atomic E-state index is 11.3. The first kappa shape index (κ1) is 23.7. The summed E-state index contributed by atoms with van der Waals surface area (Å²) in [5.74, 6) is 2.51. The van der Waals surface area contributed by atoms with Crippen LogP contribution in [-0.4, -0.2) is 25.3 Å². The van der Waals surface area contributed by atoms with E-state index in [1.54, 1.807) is 6.92 Å². The van der Waals surface area contributed by atoms with Crippen molar-refractivity contribution >= 4 is 5.97 Å². The van der Waals surface area contributed by atoms with Crippen molar-refractivity contribution in [2.45, 2.75) is 129 Å². The van der Waals surface area contributed by atoms with Gasteiger partial charge in [0.05, 0.1) is 6.10 Å². The van der Waals surface area contributed by atoms with E-state index in [1.165, 1.54) is 89.9 Å². The summed E-state index contributed by atoms with van der Waals surface area (Å²) in [7, 11) is 1.87. The smallest absolute Gasteiger partial charge is 0.302 e. The summed E-state index contributed by atoms with van der Waals surface area (Å²) in [5.41, 5.74) is 0. The zero-order valence-corrected chi connectivity index (χ0v) is 18.9. The Morgan fingerprint density at radius 1 is 0.786 bits per heavy atom. The third-order valence-electron chi connectivity index (χ3n) is 7.46. The number of ether oxygens (including phenoxy) is 2. The second-order valence-corrected chi connectivity index (χ2v) is 9.49. The number of hydrogen-bond acceptors (Lipinski definition) is 3. The molecule has 0 N–H and O–H groups in total. The van der Waals surface area contributed by atoms with Crippen LogP contribution >= 0.6 is 0 Å². The van der Waals surface area contributed by atoms with E-state index in [1.807, 2.05) is 7.11 Å². The lowest BCUT2D eigenvalue weighted by molar-refractivity contribution is -0.148. The van der Waals surface area contributed by atoms with Gasteiger partial charge in [-0.2, -0.15) is 0 Å². The van der Waals surface area contributed by atoms with E-state index in [4.69, 9.17) is 9.47 Å². The molecule has 164 valence electrons. The molecule has 28 heavy (non-hydrogen) atoms. The molecule has 2 saturated carbocycles. The number of rotatable bonds is 12. The zero-order valence-electron chi connectivity index (χ0n) is 18.9. The molecule has 0 spiro atoms. The Morgan fingerprint density at radius 2 is 1.29 bits per heavy atom. The molecule has 0 saturated heterocycles. The highest BCUT2D eigenvalue weighted by molar-refractivity contribution is 5.66. The van der Waals surface area contributed by atoms with E-state index in [-0.39, 0.29) is 12.1 Å². The molecule has 2 fully saturated rings. The molecule has 2 aliphatic rings. The normalized spacial score (nSPS) is 29.4. The Kier molecular flexibility index (Phi) is 11.5. The molecule has 0 heterocycles. The Bertz CT molecular complexity index is 406. The van der Waals surface area contributed by atoms with Gasteiger partial charge in [-0.25, -0.2) is 0 Å². The first-order valence-electron chi connectivity index (χ1n) is 12.3. The minimum atomic E-state index is -0.110. The largest absolute Gasteiger partial charge is 0.463 e. The second-order valence-electron chi connectivity index (χ2n) is 9.49. The van der Waals surface area contributed by atoms with Gasteiger partial charge in [0.2, 0.25) is 0 Å². The predicted molar refractivity (Wildman–Crippen MR) is 116 cm³/mol. The van der Waals surface area contributed by atoms with Gasteiger partial charge in [0.25, 0.3) is 0 Å². The van der Waals surface area contributed by atoms with Crippen molar-refractivity contribution < 1.29 is 14.3 Å². The van der Waals surface area contributed by atoms with Crippen LogP contribution in [0.3, 0.4) is 0 Å². The number of unbranched alkanes of at least 4 members (excludes halogenated alkanes) is 6. The van der Waals surface area contributed by atoms with E-state index in [0.717, 1.165) is 30.6 Å². The Hall–Kier alpha value is -0.570. The topological polar surface area (TPSA) is 35.5 Å². The molecule has 0 amide bonds. The molecule has 0 aromatic carbocycles. The van der Waals surface area contributed by atoms with Gasteiger partial charge in [-0.05, 0) is 75.5 Å². The third-order valence-corrected chi connectivity index (χ3v) is 7.46. The summed E-state index contributed by atoms with van der Waals surface area (Å²) in [6, 6.07) is 0. The molecule has 0 aromatic rings. The maximum atomic E-state index is 11.3. The number of methoxy groups -OCH3 is 1. The number of carbonyl (C=O) groups excluding carboxylic acids is 1. The SMILES string of the molecule is CCCCCCCCCC(C1CCC(OC)CC1)C1CCC(OC(C)=O)CC1. The van der Waals surface area contributed by atoms with E-state index in [2.05, 4.69) is 6.92 Å². The Balaban J connectivity index is 1.80.